The fourth-order valence-corrected chi connectivity index (χ4v) is 4.25. The molecule has 0 spiro atoms. The maximum Gasteiger partial charge on any atom is 0.256 e. The van der Waals surface area contributed by atoms with Crippen molar-refractivity contribution in [3.8, 4) is 0 Å². The van der Waals surface area contributed by atoms with Crippen LogP contribution in [-0.2, 0) is 0 Å². The van der Waals surface area contributed by atoms with Crippen molar-refractivity contribution in [1.82, 2.24) is 4.90 Å². The molecule has 1 aliphatic rings. The topological polar surface area (TPSA) is 46.3 Å². The molecular weight excluding hydrogens is 303 g/mol. The number of hydrogen-bond donors (Lipinski definition) is 1. The molecule has 0 bridgehead atoms. The van der Waals surface area contributed by atoms with Gasteiger partial charge in [-0.1, -0.05) is 36.0 Å². The van der Waals surface area contributed by atoms with Gasteiger partial charge in [0.1, 0.15) is 4.34 Å². The summed E-state index contributed by atoms with van der Waals surface area (Å²) < 4.78 is 1.00. The van der Waals surface area contributed by atoms with Gasteiger partial charge in [0.15, 0.2) is 0 Å². The Labute approximate surface area is 127 Å². The number of amides is 1. The first-order valence-electron chi connectivity index (χ1n) is 6.46. The van der Waals surface area contributed by atoms with Crippen LogP contribution >= 0.6 is 34.5 Å². The van der Waals surface area contributed by atoms with Crippen LogP contribution in [0.3, 0.4) is 0 Å². The second kappa shape index (κ2) is 6.44. The highest BCUT2D eigenvalue weighted by Gasteiger charge is 2.31. The Hall–Kier alpha value is -0.290. The lowest BCUT2D eigenvalue weighted by atomic mass is 9.83. The zero-order valence-corrected chi connectivity index (χ0v) is 13.2. The Kier molecular flexibility index (Phi) is 5.12. The molecule has 0 radical (unpaired) electrons. The summed E-state index contributed by atoms with van der Waals surface area (Å²) in [6, 6.07) is 1.86. The third kappa shape index (κ3) is 3.24. The van der Waals surface area contributed by atoms with Gasteiger partial charge in [-0.3, -0.25) is 4.79 Å². The lowest BCUT2D eigenvalue weighted by molar-refractivity contribution is 0.0621. The van der Waals surface area contributed by atoms with Crippen LogP contribution in [0.5, 0.6) is 0 Å². The first-order chi connectivity index (χ1) is 9.04. The fraction of sp³-hybridized carbons (Fsp3) is 0.615. The number of hydrogen-bond acceptors (Lipinski definition) is 3. The summed E-state index contributed by atoms with van der Waals surface area (Å²) >= 11 is 13.2. The second-order valence-corrected chi connectivity index (χ2v) is 7.29. The van der Waals surface area contributed by atoms with Gasteiger partial charge in [-0.25, -0.2) is 0 Å². The highest BCUT2D eigenvalue weighted by Crippen LogP contribution is 2.34. The molecular formula is C13H18Cl2N2OS. The van der Waals surface area contributed by atoms with E-state index >= 15 is 0 Å². The van der Waals surface area contributed by atoms with Crippen LogP contribution in [-0.4, -0.2) is 30.4 Å². The molecule has 1 fully saturated rings. The van der Waals surface area contributed by atoms with Gasteiger partial charge in [0.05, 0.1) is 9.90 Å². The molecule has 19 heavy (non-hydrogen) atoms. The van der Waals surface area contributed by atoms with Gasteiger partial charge < -0.3 is 10.6 Å². The van der Waals surface area contributed by atoms with Gasteiger partial charge in [0.25, 0.3) is 5.91 Å². The Bertz CT molecular complexity index is 463. The van der Waals surface area contributed by atoms with E-state index in [1.54, 1.807) is 11.0 Å². The molecule has 2 rings (SSSR count). The molecule has 1 amide bonds. The summed E-state index contributed by atoms with van der Waals surface area (Å²) in [5.74, 6) is 0.328. The van der Waals surface area contributed by atoms with Gasteiger partial charge in [-0.2, -0.15) is 0 Å². The minimum Gasteiger partial charge on any atom is -0.338 e. The number of rotatable bonds is 3. The molecule has 1 aromatic heterocycles. The number of halogens is 2. The van der Waals surface area contributed by atoms with Gasteiger partial charge in [-0.15, -0.1) is 11.3 Å². The maximum absolute atomic E-state index is 12.5. The fourth-order valence-electron chi connectivity index (χ4n) is 2.80. The van der Waals surface area contributed by atoms with Gasteiger partial charge in [0.2, 0.25) is 0 Å². The molecule has 1 heterocycles. The minimum atomic E-state index is -0.0569. The number of nitrogens with two attached hydrogens (primary N) is 1. The highest BCUT2D eigenvalue weighted by molar-refractivity contribution is 7.20. The van der Waals surface area contributed by atoms with Crippen molar-refractivity contribution in [2.45, 2.75) is 31.7 Å². The molecule has 2 unspecified atom stereocenters. The number of nitrogens with zero attached hydrogens (tertiary/aromatic N) is 1. The first-order valence-corrected chi connectivity index (χ1v) is 8.04. The molecule has 2 atom stereocenters. The van der Waals surface area contributed by atoms with Crippen LogP contribution in [0.15, 0.2) is 6.07 Å². The van der Waals surface area contributed by atoms with E-state index in [9.17, 15) is 4.79 Å². The van der Waals surface area contributed by atoms with Gasteiger partial charge in [-0.05, 0) is 31.4 Å². The number of thiophene rings is 1. The van der Waals surface area contributed by atoms with Crippen molar-refractivity contribution in [2.75, 3.05) is 13.6 Å². The molecule has 1 aliphatic carbocycles. The molecule has 1 saturated carbocycles. The van der Waals surface area contributed by atoms with Crippen molar-refractivity contribution in [3.63, 3.8) is 0 Å². The van der Waals surface area contributed by atoms with Crippen LogP contribution in [0.2, 0.25) is 8.67 Å². The monoisotopic (exact) mass is 320 g/mol. The normalized spacial score (nSPS) is 23.4. The number of carbonyl (C=O) groups excluding carboxylic acids is 1. The molecule has 2 N–H and O–H groups in total. The van der Waals surface area contributed by atoms with Gasteiger partial charge in [0, 0.05) is 13.1 Å². The van der Waals surface area contributed by atoms with Crippen molar-refractivity contribution < 1.29 is 4.79 Å². The molecule has 0 aliphatic heterocycles. The van der Waals surface area contributed by atoms with Crippen LogP contribution in [0.1, 0.15) is 36.0 Å². The molecule has 106 valence electrons. The maximum atomic E-state index is 12.5. The van der Waals surface area contributed by atoms with E-state index in [4.69, 9.17) is 28.9 Å². The molecule has 0 aromatic carbocycles. The second-order valence-electron chi connectivity index (χ2n) is 5.00. The zero-order valence-electron chi connectivity index (χ0n) is 10.9. The Balaban J connectivity index is 2.16. The largest absolute Gasteiger partial charge is 0.338 e. The van der Waals surface area contributed by atoms with E-state index in [-0.39, 0.29) is 11.9 Å². The minimum absolute atomic E-state index is 0.0569. The number of carbonyl (C=O) groups is 1. The summed E-state index contributed by atoms with van der Waals surface area (Å²) in [4.78, 5) is 14.3. The summed E-state index contributed by atoms with van der Waals surface area (Å²) in [5.41, 5.74) is 6.32. The first kappa shape index (κ1) is 15.1. The highest BCUT2D eigenvalue weighted by atomic mass is 35.5. The standard InChI is InChI=1S/C13H18Cl2N2OS/c1-17(10-5-3-2-4-8(10)7-16)13(18)9-6-11(14)19-12(9)15/h6,8,10H,2-5,7,16H2,1H3. The molecule has 0 saturated heterocycles. The third-order valence-electron chi connectivity index (χ3n) is 3.88. The third-order valence-corrected chi connectivity index (χ3v) is 5.36. The van der Waals surface area contributed by atoms with E-state index < -0.39 is 0 Å². The van der Waals surface area contributed by atoms with E-state index in [1.807, 2.05) is 7.05 Å². The van der Waals surface area contributed by atoms with Crippen molar-refractivity contribution in [2.24, 2.45) is 11.7 Å². The predicted molar refractivity (Wildman–Crippen MR) is 81.2 cm³/mol. The summed E-state index contributed by atoms with van der Waals surface area (Å²) in [5, 5.41) is 0. The SMILES string of the molecule is CN(C(=O)c1cc(Cl)sc1Cl)C1CCCCC1CN. The van der Waals surface area contributed by atoms with Crippen LogP contribution < -0.4 is 5.73 Å². The van der Waals surface area contributed by atoms with E-state index in [0.717, 1.165) is 19.3 Å². The van der Waals surface area contributed by atoms with Crippen LogP contribution in [0.25, 0.3) is 0 Å². The summed E-state index contributed by atoms with van der Waals surface area (Å²) in [6.45, 7) is 0.625. The Morgan fingerprint density at radius 3 is 2.74 bits per heavy atom. The van der Waals surface area contributed by atoms with Crippen LogP contribution in [0, 0.1) is 5.92 Å². The average Bonchev–Trinajstić information content (AvgIpc) is 2.76. The van der Waals surface area contributed by atoms with Crippen LogP contribution in [0.4, 0.5) is 0 Å². The Morgan fingerprint density at radius 1 is 1.47 bits per heavy atom. The molecule has 1 aromatic rings. The summed E-state index contributed by atoms with van der Waals surface area (Å²) in [7, 11) is 1.84. The van der Waals surface area contributed by atoms with Crippen molar-refractivity contribution >= 4 is 40.4 Å². The van der Waals surface area contributed by atoms with E-state index in [1.165, 1.54) is 17.8 Å². The van der Waals surface area contributed by atoms with Crippen molar-refractivity contribution in [3.05, 3.63) is 20.3 Å². The van der Waals surface area contributed by atoms with Crippen molar-refractivity contribution in [1.29, 1.82) is 0 Å². The quantitative estimate of drug-likeness (QED) is 0.924. The van der Waals surface area contributed by atoms with Gasteiger partial charge >= 0.3 is 0 Å². The van der Waals surface area contributed by atoms with E-state index in [2.05, 4.69) is 0 Å². The molecule has 3 nitrogen and oxygen atoms in total. The molecule has 6 heteroatoms. The average molecular weight is 321 g/mol. The smallest absolute Gasteiger partial charge is 0.256 e. The lowest BCUT2D eigenvalue weighted by Crippen LogP contribution is -2.45. The lowest BCUT2D eigenvalue weighted by Gasteiger charge is -2.37. The Morgan fingerprint density at radius 2 is 2.16 bits per heavy atom. The zero-order chi connectivity index (χ0) is 14.0. The van der Waals surface area contributed by atoms with E-state index in [0.29, 0.717) is 26.7 Å². The summed E-state index contributed by atoms with van der Waals surface area (Å²) in [6.07, 6.45) is 4.46. The predicted octanol–water partition coefficient (Wildman–Crippen LogP) is 3.64.